The van der Waals surface area contributed by atoms with Gasteiger partial charge in [0.25, 0.3) is 0 Å². The summed E-state index contributed by atoms with van der Waals surface area (Å²) in [7, 11) is 1.69. The summed E-state index contributed by atoms with van der Waals surface area (Å²) in [5.41, 5.74) is 5.26. The molecular weight excluding hydrogens is 258 g/mol. The highest BCUT2D eigenvalue weighted by atomic mass is 16.5. The van der Waals surface area contributed by atoms with Gasteiger partial charge in [-0.15, -0.1) is 0 Å². The minimum absolute atomic E-state index is 0.246. The molecule has 6 nitrogen and oxygen atoms in total. The number of aromatic nitrogens is 2. The number of nitrogens with zero attached hydrogens (tertiary/aromatic N) is 2. The summed E-state index contributed by atoms with van der Waals surface area (Å²) >= 11 is 0. The average molecular weight is 283 g/mol. The summed E-state index contributed by atoms with van der Waals surface area (Å²) in [6.07, 6.45) is 3.25. The second-order valence-corrected chi connectivity index (χ2v) is 5.43. The van der Waals surface area contributed by atoms with Gasteiger partial charge < -0.3 is 19.7 Å². The van der Waals surface area contributed by atoms with Gasteiger partial charge in [-0.3, -0.25) is 0 Å². The minimum atomic E-state index is -0.470. The first-order valence-electron chi connectivity index (χ1n) is 7.34. The molecule has 1 aliphatic heterocycles. The number of ether oxygens (including phenoxy) is 2. The van der Waals surface area contributed by atoms with E-state index in [9.17, 15) is 0 Å². The first-order valence-corrected chi connectivity index (χ1v) is 7.34. The molecule has 0 bridgehead atoms. The molecule has 0 aliphatic carbocycles. The predicted octanol–water partition coefficient (Wildman–Crippen LogP) is 1.74. The lowest BCUT2D eigenvalue weighted by Gasteiger charge is -2.32. The van der Waals surface area contributed by atoms with Crippen molar-refractivity contribution >= 4 is 0 Å². The molecule has 1 aromatic rings. The Bertz CT molecular complexity index is 415. The maximum Gasteiger partial charge on any atom is 0.234 e. The van der Waals surface area contributed by atoms with Crippen LogP contribution in [0.15, 0.2) is 4.52 Å². The number of hydrogen-bond donors (Lipinski definition) is 1. The van der Waals surface area contributed by atoms with E-state index in [1.165, 1.54) is 0 Å². The zero-order chi connectivity index (χ0) is 14.6. The molecule has 0 aromatic carbocycles. The quantitative estimate of drug-likeness (QED) is 0.856. The SMILES string of the molecule is CCC(CC)(OC)c1noc(C2(CN)CCOCC2)n1. The Balaban J connectivity index is 2.31. The lowest BCUT2D eigenvalue weighted by atomic mass is 9.80. The third kappa shape index (κ3) is 2.47. The van der Waals surface area contributed by atoms with Gasteiger partial charge in [-0.2, -0.15) is 4.98 Å². The van der Waals surface area contributed by atoms with Crippen LogP contribution in [0, 0.1) is 0 Å². The molecule has 0 radical (unpaired) electrons. The van der Waals surface area contributed by atoms with Crippen molar-refractivity contribution in [3.63, 3.8) is 0 Å². The number of methoxy groups -OCH3 is 1. The van der Waals surface area contributed by atoms with Crippen LogP contribution in [0.3, 0.4) is 0 Å². The van der Waals surface area contributed by atoms with Crippen LogP contribution in [-0.4, -0.2) is 37.0 Å². The largest absolute Gasteiger partial charge is 0.381 e. The first kappa shape index (κ1) is 15.4. The highest BCUT2D eigenvalue weighted by Gasteiger charge is 2.41. The van der Waals surface area contributed by atoms with Crippen LogP contribution in [0.25, 0.3) is 0 Å². The molecule has 1 saturated heterocycles. The topological polar surface area (TPSA) is 83.4 Å². The van der Waals surface area contributed by atoms with Crippen molar-refractivity contribution in [2.75, 3.05) is 26.9 Å². The zero-order valence-electron chi connectivity index (χ0n) is 12.6. The van der Waals surface area contributed by atoms with E-state index in [0.717, 1.165) is 25.7 Å². The van der Waals surface area contributed by atoms with Crippen molar-refractivity contribution in [2.45, 2.75) is 50.5 Å². The zero-order valence-corrected chi connectivity index (χ0v) is 12.6. The third-order valence-corrected chi connectivity index (χ3v) is 4.66. The first-order chi connectivity index (χ1) is 9.66. The van der Waals surface area contributed by atoms with Crippen LogP contribution in [0.2, 0.25) is 0 Å². The summed E-state index contributed by atoms with van der Waals surface area (Å²) in [5.74, 6) is 1.25. The van der Waals surface area contributed by atoms with Crippen molar-refractivity contribution in [2.24, 2.45) is 5.73 Å². The van der Waals surface area contributed by atoms with Gasteiger partial charge in [0.2, 0.25) is 11.7 Å². The van der Waals surface area contributed by atoms with Crippen LogP contribution in [0.4, 0.5) is 0 Å². The van der Waals surface area contributed by atoms with Crippen LogP contribution >= 0.6 is 0 Å². The lowest BCUT2D eigenvalue weighted by Crippen LogP contribution is -2.41. The van der Waals surface area contributed by atoms with E-state index in [-0.39, 0.29) is 5.41 Å². The van der Waals surface area contributed by atoms with E-state index in [2.05, 4.69) is 24.0 Å². The third-order valence-electron chi connectivity index (χ3n) is 4.66. The molecule has 6 heteroatoms. The fraction of sp³-hybridized carbons (Fsp3) is 0.857. The van der Waals surface area contributed by atoms with Gasteiger partial charge in [-0.05, 0) is 25.7 Å². The molecule has 2 N–H and O–H groups in total. The van der Waals surface area contributed by atoms with Gasteiger partial charge in [0.05, 0.1) is 5.41 Å². The fourth-order valence-corrected chi connectivity index (χ4v) is 2.84. The molecule has 0 unspecified atom stereocenters. The Morgan fingerprint density at radius 3 is 2.45 bits per heavy atom. The summed E-state index contributed by atoms with van der Waals surface area (Å²) in [6.45, 7) is 6.00. The molecule has 2 heterocycles. The Morgan fingerprint density at radius 1 is 1.30 bits per heavy atom. The predicted molar refractivity (Wildman–Crippen MR) is 74.4 cm³/mol. The maximum atomic E-state index is 5.97. The lowest BCUT2D eigenvalue weighted by molar-refractivity contribution is -0.0306. The van der Waals surface area contributed by atoms with E-state index in [4.69, 9.17) is 19.7 Å². The van der Waals surface area contributed by atoms with Gasteiger partial charge in [-0.1, -0.05) is 19.0 Å². The second kappa shape index (κ2) is 6.20. The number of hydrogen-bond acceptors (Lipinski definition) is 6. The number of nitrogens with two attached hydrogens (primary N) is 1. The van der Waals surface area contributed by atoms with Crippen molar-refractivity contribution in [3.05, 3.63) is 11.7 Å². The molecule has 0 spiro atoms. The van der Waals surface area contributed by atoms with Gasteiger partial charge >= 0.3 is 0 Å². The summed E-state index contributed by atoms with van der Waals surface area (Å²) in [4.78, 5) is 4.62. The Hall–Kier alpha value is -0.980. The Kier molecular flexibility index (Phi) is 4.78. The average Bonchev–Trinajstić information content (AvgIpc) is 3.01. The molecular formula is C14H25N3O3. The van der Waals surface area contributed by atoms with E-state index in [1.807, 2.05) is 0 Å². The molecule has 20 heavy (non-hydrogen) atoms. The Labute approximate surface area is 120 Å². The second-order valence-electron chi connectivity index (χ2n) is 5.43. The highest BCUT2D eigenvalue weighted by Crippen LogP contribution is 2.36. The standard InChI is InChI=1S/C14H25N3O3/c1-4-14(5-2,18-3)11-16-12(20-17-11)13(10-15)6-8-19-9-7-13/h4-10,15H2,1-3H3. The summed E-state index contributed by atoms with van der Waals surface area (Å²) < 4.78 is 16.6. The number of rotatable bonds is 6. The van der Waals surface area contributed by atoms with Crippen molar-refractivity contribution < 1.29 is 14.0 Å². The molecule has 1 aliphatic rings. The summed E-state index contributed by atoms with van der Waals surface area (Å²) in [5, 5.41) is 4.16. The van der Waals surface area contributed by atoms with Gasteiger partial charge in [0.15, 0.2) is 0 Å². The van der Waals surface area contributed by atoms with Crippen molar-refractivity contribution in [3.8, 4) is 0 Å². The molecule has 1 fully saturated rings. The molecule has 0 saturated carbocycles. The minimum Gasteiger partial charge on any atom is -0.381 e. The molecule has 1 aromatic heterocycles. The van der Waals surface area contributed by atoms with E-state index in [1.54, 1.807) is 7.11 Å². The van der Waals surface area contributed by atoms with Gasteiger partial charge in [-0.25, -0.2) is 0 Å². The van der Waals surface area contributed by atoms with Crippen LogP contribution in [0.5, 0.6) is 0 Å². The monoisotopic (exact) mass is 283 g/mol. The maximum absolute atomic E-state index is 5.97. The summed E-state index contributed by atoms with van der Waals surface area (Å²) in [6, 6.07) is 0. The van der Waals surface area contributed by atoms with Crippen LogP contribution in [0.1, 0.15) is 51.2 Å². The molecule has 114 valence electrons. The Morgan fingerprint density at radius 2 is 1.95 bits per heavy atom. The smallest absolute Gasteiger partial charge is 0.234 e. The molecule has 2 rings (SSSR count). The normalized spacial score (nSPS) is 19.2. The van der Waals surface area contributed by atoms with Crippen molar-refractivity contribution in [1.82, 2.24) is 10.1 Å². The van der Waals surface area contributed by atoms with Gasteiger partial charge in [0, 0.05) is 26.9 Å². The van der Waals surface area contributed by atoms with E-state index in [0.29, 0.717) is 31.5 Å². The fourth-order valence-electron chi connectivity index (χ4n) is 2.84. The van der Waals surface area contributed by atoms with E-state index < -0.39 is 5.60 Å². The van der Waals surface area contributed by atoms with Crippen LogP contribution < -0.4 is 5.73 Å². The van der Waals surface area contributed by atoms with Crippen molar-refractivity contribution in [1.29, 1.82) is 0 Å². The molecule has 0 amide bonds. The van der Waals surface area contributed by atoms with Gasteiger partial charge in [0.1, 0.15) is 5.60 Å². The van der Waals surface area contributed by atoms with E-state index >= 15 is 0 Å². The van der Waals surface area contributed by atoms with Crippen LogP contribution in [-0.2, 0) is 20.5 Å². The molecule has 0 atom stereocenters. The highest BCUT2D eigenvalue weighted by molar-refractivity contribution is 5.10.